The lowest BCUT2D eigenvalue weighted by Crippen LogP contribution is -2.11. The number of alkyl halides is 1. The number of rotatable bonds is 6. The minimum atomic E-state index is 0.570. The number of hydrogen-bond acceptors (Lipinski definition) is 3. The number of hydrogen-bond donors (Lipinski definition) is 0. The maximum atomic E-state index is 5.87. The summed E-state index contributed by atoms with van der Waals surface area (Å²) in [5.41, 5.74) is 1.80. The molecule has 1 unspecified atom stereocenters. The highest BCUT2D eigenvalue weighted by molar-refractivity contribution is 6.17. The number of pyridine rings is 1. The van der Waals surface area contributed by atoms with Crippen LogP contribution in [0.25, 0.3) is 11.2 Å². The van der Waals surface area contributed by atoms with Crippen LogP contribution in [0.15, 0.2) is 12.1 Å². The Balaban J connectivity index is 2.49. The topological polar surface area (TPSA) is 39.9 Å². The zero-order chi connectivity index (χ0) is 13.8. The SMILES string of the molecule is CCC(C)Cn1c(CCCl)nc2ccc(OC)nc21. The first kappa shape index (κ1) is 14.1. The fraction of sp³-hybridized carbons (Fsp3) is 0.571. The van der Waals surface area contributed by atoms with Gasteiger partial charge in [-0.2, -0.15) is 4.98 Å². The molecule has 0 fully saturated rings. The van der Waals surface area contributed by atoms with Crippen LogP contribution < -0.4 is 4.74 Å². The first-order chi connectivity index (χ1) is 9.19. The molecule has 0 spiro atoms. The summed E-state index contributed by atoms with van der Waals surface area (Å²) in [4.78, 5) is 9.14. The van der Waals surface area contributed by atoms with Crippen molar-refractivity contribution < 1.29 is 4.74 Å². The molecule has 0 aliphatic heterocycles. The van der Waals surface area contributed by atoms with Crippen molar-refractivity contribution in [3.05, 3.63) is 18.0 Å². The Hall–Kier alpha value is -1.29. The van der Waals surface area contributed by atoms with Crippen LogP contribution in [0.4, 0.5) is 0 Å². The third-order valence-electron chi connectivity index (χ3n) is 3.36. The maximum absolute atomic E-state index is 5.87. The van der Waals surface area contributed by atoms with E-state index in [0.29, 0.717) is 17.7 Å². The van der Waals surface area contributed by atoms with E-state index >= 15 is 0 Å². The van der Waals surface area contributed by atoms with E-state index in [2.05, 4.69) is 28.4 Å². The number of aryl methyl sites for hydroxylation is 1. The van der Waals surface area contributed by atoms with E-state index in [1.54, 1.807) is 7.11 Å². The van der Waals surface area contributed by atoms with Crippen molar-refractivity contribution in [3.8, 4) is 5.88 Å². The van der Waals surface area contributed by atoms with Gasteiger partial charge in [0, 0.05) is 24.9 Å². The predicted molar refractivity (Wildman–Crippen MR) is 78.0 cm³/mol. The summed E-state index contributed by atoms with van der Waals surface area (Å²) in [5.74, 6) is 2.78. The lowest BCUT2D eigenvalue weighted by molar-refractivity contribution is 0.398. The molecular weight excluding hydrogens is 262 g/mol. The van der Waals surface area contributed by atoms with Gasteiger partial charge in [-0.25, -0.2) is 4.98 Å². The van der Waals surface area contributed by atoms with E-state index in [-0.39, 0.29) is 0 Å². The predicted octanol–water partition coefficient (Wildman–Crippen LogP) is 3.27. The molecule has 0 radical (unpaired) electrons. The van der Waals surface area contributed by atoms with Crippen molar-refractivity contribution in [2.45, 2.75) is 33.2 Å². The number of methoxy groups -OCH3 is 1. The van der Waals surface area contributed by atoms with Crippen LogP contribution in [0, 0.1) is 5.92 Å². The van der Waals surface area contributed by atoms with Crippen molar-refractivity contribution in [3.63, 3.8) is 0 Å². The molecule has 0 aliphatic carbocycles. The summed E-state index contributed by atoms with van der Waals surface area (Å²) >= 11 is 5.87. The van der Waals surface area contributed by atoms with Crippen LogP contribution in [0.1, 0.15) is 26.1 Å². The number of fused-ring (bicyclic) bond motifs is 1. The number of aromatic nitrogens is 3. The van der Waals surface area contributed by atoms with Gasteiger partial charge in [0.15, 0.2) is 5.65 Å². The van der Waals surface area contributed by atoms with E-state index in [4.69, 9.17) is 16.3 Å². The molecule has 0 aromatic carbocycles. The first-order valence-corrected chi connectivity index (χ1v) is 7.19. The largest absolute Gasteiger partial charge is 0.481 e. The van der Waals surface area contributed by atoms with E-state index < -0.39 is 0 Å². The minimum absolute atomic E-state index is 0.570. The Morgan fingerprint density at radius 3 is 2.79 bits per heavy atom. The lowest BCUT2D eigenvalue weighted by atomic mass is 10.1. The Labute approximate surface area is 118 Å². The van der Waals surface area contributed by atoms with Crippen molar-refractivity contribution in [1.82, 2.24) is 14.5 Å². The van der Waals surface area contributed by atoms with E-state index in [0.717, 1.165) is 36.4 Å². The normalized spacial score (nSPS) is 12.8. The maximum Gasteiger partial charge on any atom is 0.215 e. The molecule has 19 heavy (non-hydrogen) atoms. The highest BCUT2D eigenvalue weighted by Crippen LogP contribution is 2.20. The molecule has 1 atom stereocenters. The molecule has 104 valence electrons. The van der Waals surface area contributed by atoms with Crippen LogP contribution in [0.5, 0.6) is 5.88 Å². The van der Waals surface area contributed by atoms with Gasteiger partial charge in [0.2, 0.25) is 5.88 Å². The molecule has 2 aromatic heterocycles. The third kappa shape index (κ3) is 3.00. The molecule has 5 heteroatoms. The van der Waals surface area contributed by atoms with Crippen molar-refractivity contribution in [2.75, 3.05) is 13.0 Å². The van der Waals surface area contributed by atoms with Gasteiger partial charge in [-0.15, -0.1) is 11.6 Å². The van der Waals surface area contributed by atoms with Crippen LogP contribution >= 0.6 is 11.6 Å². The summed E-state index contributed by atoms with van der Waals surface area (Å²) in [6.45, 7) is 5.34. The average Bonchev–Trinajstić information content (AvgIpc) is 2.76. The van der Waals surface area contributed by atoms with Gasteiger partial charge in [-0.05, 0) is 12.0 Å². The van der Waals surface area contributed by atoms with Gasteiger partial charge in [0.25, 0.3) is 0 Å². The molecule has 0 amide bonds. The Bertz CT molecular complexity index is 553. The van der Waals surface area contributed by atoms with E-state index in [9.17, 15) is 0 Å². The van der Waals surface area contributed by atoms with Gasteiger partial charge in [-0.1, -0.05) is 20.3 Å². The summed E-state index contributed by atoms with van der Waals surface area (Å²) in [5, 5.41) is 0. The Kier molecular flexibility index (Phi) is 4.64. The Morgan fingerprint density at radius 1 is 1.37 bits per heavy atom. The zero-order valence-electron chi connectivity index (χ0n) is 11.7. The number of nitrogens with zero attached hydrogens (tertiary/aromatic N) is 3. The van der Waals surface area contributed by atoms with Gasteiger partial charge in [0.05, 0.1) is 7.11 Å². The molecule has 0 N–H and O–H groups in total. The van der Waals surface area contributed by atoms with Gasteiger partial charge in [0.1, 0.15) is 11.3 Å². The third-order valence-corrected chi connectivity index (χ3v) is 3.55. The molecule has 0 saturated heterocycles. The summed E-state index contributed by atoms with van der Waals surface area (Å²) < 4.78 is 7.37. The minimum Gasteiger partial charge on any atom is -0.481 e. The van der Waals surface area contributed by atoms with Gasteiger partial charge in [-0.3, -0.25) is 0 Å². The molecule has 2 heterocycles. The molecular formula is C14H20ClN3O. The molecule has 2 aromatic rings. The first-order valence-electron chi connectivity index (χ1n) is 6.65. The second-order valence-electron chi connectivity index (χ2n) is 4.79. The van der Waals surface area contributed by atoms with Crippen LogP contribution in [-0.2, 0) is 13.0 Å². The number of halogens is 1. The van der Waals surface area contributed by atoms with Crippen molar-refractivity contribution in [2.24, 2.45) is 5.92 Å². The Morgan fingerprint density at radius 2 is 2.16 bits per heavy atom. The van der Waals surface area contributed by atoms with Gasteiger partial charge >= 0.3 is 0 Å². The standard InChI is InChI=1S/C14H20ClN3O/c1-4-10(2)9-18-12(7-8-15)16-11-5-6-13(19-3)17-14(11)18/h5-6,10H,4,7-9H2,1-3H3. The number of ether oxygens (including phenoxy) is 1. The van der Waals surface area contributed by atoms with Crippen molar-refractivity contribution in [1.29, 1.82) is 0 Å². The second-order valence-corrected chi connectivity index (χ2v) is 5.17. The van der Waals surface area contributed by atoms with Crippen molar-refractivity contribution >= 4 is 22.8 Å². The quantitative estimate of drug-likeness (QED) is 0.763. The highest BCUT2D eigenvalue weighted by Gasteiger charge is 2.14. The fourth-order valence-electron chi connectivity index (χ4n) is 2.05. The summed E-state index contributed by atoms with van der Waals surface area (Å²) in [6.07, 6.45) is 1.89. The molecule has 4 nitrogen and oxygen atoms in total. The number of imidazole rings is 1. The molecule has 0 aliphatic rings. The van der Waals surface area contributed by atoms with Crippen LogP contribution in [0.2, 0.25) is 0 Å². The second kappa shape index (κ2) is 6.24. The zero-order valence-corrected chi connectivity index (χ0v) is 12.4. The summed E-state index contributed by atoms with van der Waals surface area (Å²) in [7, 11) is 1.63. The van der Waals surface area contributed by atoms with Crippen LogP contribution in [-0.4, -0.2) is 27.5 Å². The smallest absolute Gasteiger partial charge is 0.215 e. The van der Waals surface area contributed by atoms with Crippen LogP contribution in [0.3, 0.4) is 0 Å². The molecule has 2 rings (SSSR count). The van der Waals surface area contributed by atoms with E-state index in [1.165, 1.54) is 0 Å². The lowest BCUT2D eigenvalue weighted by Gasteiger charge is -2.13. The van der Waals surface area contributed by atoms with E-state index in [1.807, 2.05) is 12.1 Å². The highest BCUT2D eigenvalue weighted by atomic mass is 35.5. The summed E-state index contributed by atoms with van der Waals surface area (Å²) in [6, 6.07) is 3.79. The average molecular weight is 282 g/mol. The van der Waals surface area contributed by atoms with Gasteiger partial charge < -0.3 is 9.30 Å². The molecule has 0 saturated carbocycles. The monoisotopic (exact) mass is 281 g/mol. The molecule has 0 bridgehead atoms. The fourth-order valence-corrected chi connectivity index (χ4v) is 2.22.